The van der Waals surface area contributed by atoms with Crippen LogP contribution in [0, 0.1) is 0 Å². The molecule has 0 bridgehead atoms. The predicted molar refractivity (Wildman–Crippen MR) is 100 cm³/mol. The Kier molecular flexibility index (Phi) is 5.18. The van der Waals surface area contributed by atoms with Crippen molar-refractivity contribution in [3.05, 3.63) is 42.5 Å². The molecule has 0 N–H and O–H groups in total. The molecule has 27 heavy (non-hydrogen) atoms. The van der Waals surface area contributed by atoms with Gasteiger partial charge in [-0.05, 0) is 50.3 Å². The van der Waals surface area contributed by atoms with Crippen LogP contribution in [0.15, 0.2) is 36.9 Å². The van der Waals surface area contributed by atoms with E-state index in [4.69, 9.17) is 0 Å². The lowest BCUT2D eigenvalue weighted by Crippen LogP contribution is -2.45. The van der Waals surface area contributed by atoms with Crippen LogP contribution in [0.5, 0.6) is 0 Å². The van der Waals surface area contributed by atoms with Crippen LogP contribution in [-0.4, -0.2) is 62.1 Å². The molecule has 4 rings (SSSR count). The smallest absolute Gasteiger partial charge is 0.254 e. The maximum Gasteiger partial charge on any atom is 0.254 e. The maximum absolute atomic E-state index is 13.2. The van der Waals surface area contributed by atoms with Crippen molar-refractivity contribution in [3.63, 3.8) is 0 Å². The molecule has 0 spiro atoms. The number of benzene rings is 1. The fourth-order valence-electron chi connectivity index (χ4n) is 4.11. The number of rotatable bonds is 5. The number of nitrogens with zero attached hydrogens (tertiary/aromatic N) is 5. The third kappa shape index (κ3) is 3.86. The zero-order valence-electron chi connectivity index (χ0n) is 15.5. The summed E-state index contributed by atoms with van der Waals surface area (Å²) in [6.45, 7) is 2.41. The van der Waals surface area contributed by atoms with E-state index in [1.807, 2.05) is 34.1 Å². The highest BCUT2D eigenvalue weighted by Crippen LogP contribution is 2.24. The second-order valence-electron chi connectivity index (χ2n) is 7.34. The normalized spacial score (nSPS) is 20.3. The molecule has 2 saturated heterocycles. The fraction of sp³-hybridized carbons (Fsp3) is 0.500. The summed E-state index contributed by atoms with van der Waals surface area (Å²) in [5.74, 6) is 0.327. The zero-order chi connectivity index (χ0) is 18.6. The molecular formula is C20H25N5O2. The monoisotopic (exact) mass is 367 g/mol. The first-order valence-corrected chi connectivity index (χ1v) is 9.76. The third-order valence-corrected chi connectivity index (χ3v) is 5.60. The van der Waals surface area contributed by atoms with Crippen LogP contribution in [0.2, 0.25) is 0 Å². The third-order valence-electron chi connectivity index (χ3n) is 5.60. The van der Waals surface area contributed by atoms with E-state index in [0.29, 0.717) is 12.0 Å². The Hall–Kier alpha value is -2.70. The summed E-state index contributed by atoms with van der Waals surface area (Å²) in [7, 11) is 0. The van der Waals surface area contributed by atoms with Crippen molar-refractivity contribution in [1.82, 2.24) is 24.6 Å². The number of amides is 2. The molecule has 2 amide bonds. The number of hydrogen-bond donors (Lipinski definition) is 0. The number of piperidine rings is 1. The number of aromatic nitrogens is 3. The van der Waals surface area contributed by atoms with Crippen molar-refractivity contribution in [1.29, 1.82) is 0 Å². The lowest BCUT2D eigenvalue weighted by Gasteiger charge is -2.36. The van der Waals surface area contributed by atoms with E-state index in [-0.39, 0.29) is 17.9 Å². The van der Waals surface area contributed by atoms with Gasteiger partial charge >= 0.3 is 0 Å². The van der Waals surface area contributed by atoms with Crippen LogP contribution >= 0.6 is 0 Å². The number of carbonyl (C=O) groups is 2. The summed E-state index contributed by atoms with van der Waals surface area (Å²) in [5.41, 5.74) is 1.56. The van der Waals surface area contributed by atoms with Gasteiger partial charge in [0.15, 0.2) is 0 Å². The topological polar surface area (TPSA) is 71.3 Å². The molecule has 0 saturated carbocycles. The Morgan fingerprint density at radius 1 is 1.11 bits per heavy atom. The zero-order valence-corrected chi connectivity index (χ0v) is 15.5. The number of likely N-dealkylation sites (tertiary alicyclic amines) is 2. The van der Waals surface area contributed by atoms with Gasteiger partial charge in [0.05, 0.1) is 0 Å². The average Bonchev–Trinajstić information content (AvgIpc) is 3.38. The quantitative estimate of drug-likeness (QED) is 0.813. The molecule has 2 fully saturated rings. The second kappa shape index (κ2) is 7.90. The van der Waals surface area contributed by atoms with Crippen LogP contribution in [0.25, 0.3) is 5.69 Å². The van der Waals surface area contributed by atoms with Crippen LogP contribution in [0.3, 0.4) is 0 Å². The van der Waals surface area contributed by atoms with Gasteiger partial charge in [-0.1, -0.05) is 6.07 Å². The molecule has 0 aliphatic carbocycles. The second-order valence-corrected chi connectivity index (χ2v) is 7.34. The van der Waals surface area contributed by atoms with Gasteiger partial charge in [-0.15, -0.1) is 10.2 Å². The SMILES string of the molecule is O=C1CCCN1CC[C@@H]1CCCCN1C(=O)c1cccc(-n2cnnc2)c1. The van der Waals surface area contributed by atoms with Crippen molar-refractivity contribution in [2.75, 3.05) is 19.6 Å². The Balaban J connectivity index is 1.47. The standard InChI is InChI=1S/C20H25N5O2/c26-19-8-4-10-23(19)12-9-17-6-1-2-11-25(17)20(27)16-5-3-7-18(13-16)24-14-21-22-15-24/h3,5,7,13-15,17H,1-2,4,6,8-12H2/t17-/m0/s1. The van der Waals surface area contributed by atoms with Gasteiger partial charge in [0.25, 0.3) is 5.91 Å². The van der Waals surface area contributed by atoms with E-state index in [9.17, 15) is 9.59 Å². The fourth-order valence-corrected chi connectivity index (χ4v) is 4.11. The average molecular weight is 367 g/mol. The highest BCUT2D eigenvalue weighted by Gasteiger charge is 2.29. The van der Waals surface area contributed by atoms with Crippen LogP contribution < -0.4 is 0 Å². The Labute approximate surface area is 159 Å². The number of carbonyl (C=O) groups excluding carboxylic acids is 2. The summed E-state index contributed by atoms with van der Waals surface area (Å²) >= 11 is 0. The molecule has 3 heterocycles. The Morgan fingerprint density at radius 2 is 1.96 bits per heavy atom. The minimum Gasteiger partial charge on any atom is -0.343 e. The van der Waals surface area contributed by atoms with Gasteiger partial charge in [0, 0.05) is 43.3 Å². The first-order valence-electron chi connectivity index (χ1n) is 9.76. The summed E-state index contributed by atoms with van der Waals surface area (Å²) in [5, 5.41) is 7.66. The summed E-state index contributed by atoms with van der Waals surface area (Å²) in [4.78, 5) is 29.0. The molecule has 7 nitrogen and oxygen atoms in total. The molecule has 1 aromatic carbocycles. The highest BCUT2D eigenvalue weighted by atomic mass is 16.2. The molecule has 0 unspecified atom stereocenters. The molecule has 142 valence electrons. The maximum atomic E-state index is 13.2. The molecule has 2 aromatic rings. The van der Waals surface area contributed by atoms with Gasteiger partial charge in [0.1, 0.15) is 12.7 Å². The van der Waals surface area contributed by atoms with E-state index in [0.717, 1.165) is 57.4 Å². The molecule has 2 aliphatic rings. The Morgan fingerprint density at radius 3 is 2.74 bits per heavy atom. The van der Waals surface area contributed by atoms with Gasteiger partial charge in [-0.3, -0.25) is 14.2 Å². The lowest BCUT2D eigenvalue weighted by molar-refractivity contribution is -0.127. The van der Waals surface area contributed by atoms with E-state index in [1.165, 1.54) is 0 Å². The molecule has 1 atom stereocenters. The van der Waals surface area contributed by atoms with Crippen LogP contribution in [0.4, 0.5) is 0 Å². The van der Waals surface area contributed by atoms with Crippen molar-refractivity contribution in [2.45, 2.75) is 44.6 Å². The van der Waals surface area contributed by atoms with E-state index >= 15 is 0 Å². The summed E-state index contributed by atoms with van der Waals surface area (Å²) < 4.78 is 1.80. The van der Waals surface area contributed by atoms with E-state index in [1.54, 1.807) is 17.2 Å². The van der Waals surface area contributed by atoms with Gasteiger partial charge < -0.3 is 9.80 Å². The molecule has 2 aliphatic heterocycles. The largest absolute Gasteiger partial charge is 0.343 e. The highest BCUT2D eigenvalue weighted by molar-refractivity contribution is 5.95. The van der Waals surface area contributed by atoms with Gasteiger partial charge in [0.2, 0.25) is 5.91 Å². The molecular weight excluding hydrogens is 342 g/mol. The summed E-state index contributed by atoms with van der Waals surface area (Å²) in [6, 6.07) is 7.79. The van der Waals surface area contributed by atoms with E-state index in [2.05, 4.69) is 10.2 Å². The molecule has 0 radical (unpaired) electrons. The van der Waals surface area contributed by atoms with Crippen molar-refractivity contribution >= 4 is 11.8 Å². The summed E-state index contributed by atoms with van der Waals surface area (Å²) in [6.07, 6.45) is 8.94. The van der Waals surface area contributed by atoms with Crippen molar-refractivity contribution in [3.8, 4) is 5.69 Å². The van der Waals surface area contributed by atoms with Crippen LogP contribution in [0.1, 0.15) is 48.9 Å². The minimum atomic E-state index is 0.0716. The van der Waals surface area contributed by atoms with Gasteiger partial charge in [-0.25, -0.2) is 0 Å². The number of hydrogen-bond acceptors (Lipinski definition) is 4. The van der Waals surface area contributed by atoms with Crippen LogP contribution in [-0.2, 0) is 4.79 Å². The van der Waals surface area contributed by atoms with Gasteiger partial charge in [-0.2, -0.15) is 0 Å². The minimum absolute atomic E-state index is 0.0716. The molecule has 7 heteroatoms. The first kappa shape index (κ1) is 17.7. The predicted octanol–water partition coefficient (Wildman–Crippen LogP) is 2.27. The van der Waals surface area contributed by atoms with Crippen molar-refractivity contribution in [2.24, 2.45) is 0 Å². The Bertz CT molecular complexity index is 804. The van der Waals surface area contributed by atoms with Crippen molar-refractivity contribution < 1.29 is 9.59 Å². The first-order chi connectivity index (χ1) is 13.2. The van der Waals surface area contributed by atoms with E-state index < -0.39 is 0 Å². The molecule has 1 aromatic heterocycles. The lowest BCUT2D eigenvalue weighted by atomic mass is 9.97.